The number of benzene rings is 1. The van der Waals surface area contributed by atoms with E-state index in [9.17, 15) is 14.0 Å². The van der Waals surface area contributed by atoms with Gasteiger partial charge in [0.15, 0.2) is 0 Å². The van der Waals surface area contributed by atoms with Gasteiger partial charge in [-0.05, 0) is 44.0 Å². The Kier molecular flexibility index (Phi) is 4.14. The number of amides is 1. The van der Waals surface area contributed by atoms with E-state index >= 15 is 0 Å². The van der Waals surface area contributed by atoms with E-state index in [-0.39, 0.29) is 18.3 Å². The highest BCUT2D eigenvalue weighted by Gasteiger charge is 2.35. The quantitative estimate of drug-likeness (QED) is 0.788. The molecular weight excluding hydrogens is 249 g/mol. The molecule has 1 fully saturated rings. The van der Waals surface area contributed by atoms with Crippen molar-refractivity contribution >= 4 is 17.6 Å². The Morgan fingerprint density at radius 2 is 2.11 bits per heavy atom. The SMILES string of the molecule is CCOC(=O)C1CCCC(=O)N1c1ccc(F)cc1. The molecule has 4 nitrogen and oxygen atoms in total. The van der Waals surface area contributed by atoms with Gasteiger partial charge in [0, 0.05) is 12.1 Å². The summed E-state index contributed by atoms with van der Waals surface area (Å²) in [6.45, 7) is 2.01. The molecule has 1 aromatic rings. The summed E-state index contributed by atoms with van der Waals surface area (Å²) in [4.78, 5) is 25.3. The number of ether oxygens (including phenoxy) is 1. The Labute approximate surface area is 111 Å². The standard InChI is InChI=1S/C14H16FNO3/c1-2-19-14(18)12-4-3-5-13(17)16(12)11-8-6-10(15)7-9-11/h6-9,12H,2-5H2,1H3. The van der Waals surface area contributed by atoms with Gasteiger partial charge in [-0.15, -0.1) is 0 Å². The van der Waals surface area contributed by atoms with Crippen LogP contribution in [0.3, 0.4) is 0 Å². The van der Waals surface area contributed by atoms with E-state index in [0.717, 1.165) is 0 Å². The number of nitrogens with zero attached hydrogens (tertiary/aromatic N) is 1. The van der Waals surface area contributed by atoms with E-state index in [2.05, 4.69) is 0 Å². The summed E-state index contributed by atoms with van der Waals surface area (Å²) >= 11 is 0. The third kappa shape index (κ3) is 2.92. The van der Waals surface area contributed by atoms with Crippen molar-refractivity contribution in [2.75, 3.05) is 11.5 Å². The Balaban J connectivity index is 2.28. The van der Waals surface area contributed by atoms with Crippen LogP contribution in [0.15, 0.2) is 24.3 Å². The predicted octanol–water partition coefficient (Wildman–Crippen LogP) is 2.27. The number of halogens is 1. The second kappa shape index (κ2) is 5.82. The van der Waals surface area contributed by atoms with Crippen molar-refractivity contribution in [1.29, 1.82) is 0 Å². The highest BCUT2D eigenvalue weighted by atomic mass is 19.1. The second-order valence-corrected chi connectivity index (χ2v) is 4.40. The molecule has 0 N–H and O–H groups in total. The van der Waals surface area contributed by atoms with E-state index in [0.29, 0.717) is 24.9 Å². The van der Waals surface area contributed by atoms with Gasteiger partial charge in [0.1, 0.15) is 11.9 Å². The van der Waals surface area contributed by atoms with Gasteiger partial charge in [0.2, 0.25) is 5.91 Å². The number of esters is 1. The molecule has 1 heterocycles. The van der Waals surface area contributed by atoms with E-state index < -0.39 is 12.0 Å². The lowest BCUT2D eigenvalue weighted by atomic mass is 10.0. The first-order chi connectivity index (χ1) is 9.13. The minimum absolute atomic E-state index is 0.129. The fourth-order valence-electron chi connectivity index (χ4n) is 2.26. The number of carbonyl (C=O) groups excluding carboxylic acids is 2. The first-order valence-electron chi connectivity index (χ1n) is 6.37. The number of hydrogen-bond acceptors (Lipinski definition) is 3. The lowest BCUT2D eigenvalue weighted by Gasteiger charge is -2.33. The minimum Gasteiger partial charge on any atom is -0.464 e. The Morgan fingerprint density at radius 3 is 2.74 bits per heavy atom. The molecule has 0 spiro atoms. The zero-order valence-electron chi connectivity index (χ0n) is 10.8. The van der Waals surface area contributed by atoms with Gasteiger partial charge in [0.05, 0.1) is 6.61 Å². The average Bonchev–Trinajstić information content (AvgIpc) is 2.40. The predicted molar refractivity (Wildman–Crippen MR) is 68.2 cm³/mol. The lowest BCUT2D eigenvalue weighted by molar-refractivity contribution is -0.146. The molecule has 19 heavy (non-hydrogen) atoms. The molecule has 1 unspecified atom stereocenters. The van der Waals surface area contributed by atoms with Crippen molar-refractivity contribution in [2.24, 2.45) is 0 Å². The molecule has 1 amide bonds. The van der Waals surface area contributed by atoms with Gasteiger partial charge >= 0.3 is 5.97 Å². The van der Waals surface area contributed by atoms with Crippen LogP contribution in [0.4, 0.5) is 10.1 Å². The molecule has 102 valence electrons. The first-order valence-corrected chi connectivity index (χ1v) is 6.37. The second-order valence-electron chi connectivity index (χ2n) is 4.40. The molecule has 1 atom stereocenters. The van der Waals surface area contributed by atoms with Crippen molar-refractivity contribution in [2.45, 2.75) is 32.2 Å². The van der Waals surface area contributed by atoms with Gasteiger partial charge < -0.3 is 4.74 Å². The Hall–Kier alpha value is -1.91. The maximum absolute atomic E-state index is 12.9. The van der Waals surface area contributed by atoms with Crippen LogP contribution in [0.1, 0.15) is 26.2 Å². The summed E-state index contributed by atoms with van der Waals surface area (Å²) in [6.07, 6.45) is 1.63. The maximum Gasteiger partial charge on any atom is 0.329 e. The average molecular weight is 265 g/mol. The summed E-state index contributed by atoms with van der Waals surface area (Å²) in [5.41, 5.74) is 0.532. The molecule has 0 radical (unpaired) electrons. The third-order valence-electron chi connectivity index (χ3n) is 3.11. The number of anilines is 1. The van der Waals surface area contributed by atoms with Crippen LogP contribution in [-0.4, -0.2) is 24.5 Å². The summed E-state index contributed by atoms with van der Waals surface area (Å²) in [5, 5.41) is 0. The fraction of sp³-hybridized carbons (Fsp3) is 0.429. The van der Waals surface area contributed by atoms with E-state index in [1.54, 1.807) is 6.92 Å². The van der Waals surface area contributed by atoms with E-state index in [4.69, 9.17) is 4.74 Å². The van der Waals surface area contributed by atoms with Crippen molar-refractivity contribution in [3.63, 3.8) is 0 Å². The van der Waals surface area contributed by atoms with Gasteiger partial charge in [0.25, 0.3) is 0 Å². The highest BCUT2D eigenvalue weighted by molar-refractivity contribution is 6.00. The lowest BCUT2D eigenvalue weighted by Crippen LogP contribution is -2.49. The zero-order valence-corrected chi connectivity index (χ0v) is 10.8. The molecule has 5 heteroatoms. The van der Waals surface area contributed by atoms with Crippen LogP contribution in [0.5, 0.6) is 0 Å². The molecule has 0 bridgehead atoms. The molecule has 0 aliphatic carbocycles. The van der Waals surface area contributed by atoms with Crippen LogP contribution in [-0.2, 0) is 14.3 Å². The van der Waals surface area contributed by atoms with Gasteiger partial charge in [-0.2, -0.15) is 0 Å². The van der Waals surface area contributed by atoms with Crippen LogP contribution in [0.2, 0.25) is 0 Å². The van der Waals surface area contributed by atoms with Crippen LogP contribution < -0.4 is 4.90 Å². The number of piperidine rings is 1. The molecule has 1 aliphatic heterocycles. The minimum atomic E-state index is -0.605. The first kappa shape index (κ1) is 13.5. The van der Waals surface area contributed by atoms with E-state index in [1.165, 1.54) is 29.2 Å². The highest BCUT2D eigenvalue weighted by Crippen LogP contribution is 2.26. The van der Waals surface area contributed by atoms with Crippen molar-refractivity contribution < 1.29 is 18.7 Å². The summed E-state index contributed by atoms with van der Waals surface area (Å²) < 4.78 is 17.9. The fourth-order valence-corrected chi connectivity index (χ4v) is 2.26. The molecule has 0 aromatic heterocycles. The van der Waals surface area contributed by atoms with Crippen molar-refractivity contribution in [3.05, 3.63) is 30.1 Å². The molecule has 1 saturated heterocycles. The van der Waals surface area contributed by atoms with Gasteiger partial charge in [-0.3, -0.25) is 9.69 Å². The number of carbonyl (C=O) groups is 2. The monoisotopic (exact) mass is 265 g/mol. The number of rotatable bonds is 3. The summed E-state index contributed by atoms with van der Waals surface area (Å²) in [7, 11) is 0. The van der Waals surface area contributed by atoms with Crippen molar-refractivity contribution in [1.82, 2.24) is 0 Å². The van der Waals surface area contributed by atoms with Crippen LogP contribution in [0.25, 0.3) is 0 Å². The maximum atomic E-state index is 12.9. The van der Waals surface area contributed by atoms with Crippen LogP contribution in [0, 0.1) is 5.82 Å². The van der Waals surface area contributed by atoms with E-state index in [1.807, 2.05) is 0 Å². The molecular formula is C14H16FNO3. The van der Waals surface area contributed by atoms with Gasteiger partial charge in [-0.25, -0.2) is 9.18 Å². The molecule has 2 rings (SSSR count). The Bertz CT molecular complexity index is 472. The number of hydrogen-bond donors (Lipinski definition) is 0. The van der Waals surface area contributed by atoms with Crippen LogP contribution >= 0.6 is 0 Å². The third-order valence-corrected chi connectivity index (χ3v) is 3.11. The normalized spacial score (nSPS) is 19.4. The zero-order chi connectivity index (χ0) is 13.8. The largest absolute Gasteiger partial charge is 0.464 e. The topological polar surface area (TPSA) is 46.6 Å². The molecule has 1 aromatic carbocycles. The molecule has 0 saturated carbocycles. The Morgan fingerprint density at radius 1 is 1.42 bits per heavy atom. The summed E-state index contributed by atoms with van der Waals surface area (Å²) in [5.74, 6) is -0.906. The van der Waals surface area contributed by atoms with Crippen molar-refractivity contribution in [3.8, 4) is 0 Å². The van der Waals surface area contributed by atoms with Gasteiger partial charge in [-0.1, -0.05) is 0 Å². The smallest absolute Gasteiger partial charge is 0.329 e. The summed E-state index contributed by atoms with van der Waals surface area (Å²) in [6, 6.07) is 4.96. The molecule has 1 aliphatic rings.